The van der Waals surface area contributed by atoms with E-state index < -0.39 is 10.0 Å². The van der Waals surface area contributed by atoms with Gasteiger partial charge in [0, 0.05) is 52.3 Å². The molecule has 0 bridgehead atoms. The minimum atomic E-state index is -3.82. The summed E-state index contributed by atoms with van der Waals surface area (Å²) in [5.74, 6) is 1.27. The maximum Gasteiger partial charge on any atom is 0.237 e. The number of benzene rings is 2. The van der Waals surface area contributed by atoms with Crippen molar-refractivity contribution in [1.82, 2.24) is 14.5 Å². The fourth-order valence-electron chi connectivity index (χ4n) is 5.67. The van der Waals surface area contributed by atoms with Crippen molar-refractivity contribution in [3.05, 3.63) is 65.7 Å². The summed E-state index contributed by atoms with van der Waals surface area (Å²) in [5, 5.41) is 3.43. The first-order valence-electron chi connectivity index (χ1n) is 12.9. The van der Waals surface area contributed by atoms with Gasteiger partial charge in [0.15, 0.2) is 0 Å². The van der Waals surface area contributed by atoms with E-state index in [-0.39, 0.29) is 62.5 Å². The van der Waals surface area contributed by atoms with Gasteiger partial charge in [-0.1, -0.05) is 31.2 Å². The van der Waals surface area contributed by atoms with Crippen LogP contribution in [0.4, 0.5) is 0 Å². The van der Waals surface area contributed by atoms with Crippen LogP contribution in [0.15, 0.2) is 53.4 Å². The first kappa shape index (κ1) is 29.4. The van der Waals surface area contributed by atoms with E-state index in [1.54, 1.807) is 24.3 Å². The number of piperidine rings is 2. The summed E-state index contributed by atoms with van der Waals surface area (Å²) in [4.78, 5) is 15.4. The molecule has 1 atom stereocenters. The van der Waals surface area contributed by atoms with Crippen LogP contribution in [0.3, 0.4) is 0 Å². The summed E-state index contributed by atoms with van der Waals surface area (Å²) in [5.41, 5.74) is 2.22. The summed E-state index contributed by atoms with van der Waals surface area (Å²) in [6, 6.07) is 17.2. The number of nitrogens with zero attached hydrogens (tertiary/aromatic N) is 2. The Hall–Kier alpha value is -1.12. The SMILES string of the molecule is Cc1ccccc1C(C)CN(CC(=O)N1CCC(C2CCNCC2)CC1)S(=O)(=O)c1cc[c-]cc1.[Y]. The number of aryl methyl sites for hydroxylation is 1. The molecule has 1 radical (unpaired) electrons. The average molecular weight is 586 g/mol. The zero-order valence-corrected chi connectivity index (χ0v) is 25.2. The number of likely N-dealkylation sites (tertiary alicyclic amines) is 1. The predicted octanol–water partition coefficient (Wildman–Crippen LogP) is 3.83. The number of rotatable bonds is 8. The molecular formula is C28H38N3O3SY-. The van der Waals surface area contributed by atoms with Gasteiger partial charge in [-0.2, -0.15) is 34.6 Å². The number of nitrogens with one attached hydrogen (secondary N) is 1. The Morgan fingerprint density at radius 2 is 1.67 bits per heavy atom. The molecule has 1 N–H and O–H groups in total. The average Bonchev–Trinajstić information content (AvgIpc) is 2.89. The first-order valence-corrected chi connectivity index (χ1v) is 14.3. The van der Waals surface area contributed by atoms with E-state index in [2.05, 4.69) is 11.4 Å². The van der Waals surface area contributed by atoms with Gasteiger partial charge in [0.1, 0.15) is 0 Å². The first-order chi connectivity index (χ1) is 16.9. The molecule has 0 aromatic heterocycles. The van der Waals surface area contributed by atoms with Crippen LogP contribution in [-0.4, -0.2) is 62.8 Å². The Bertz CT molecular complexity index is 1080. The Kier molecular flexibility index (Phi) is 11.1. The van der Waals surface area contributed by atoms with Crippen molar-refractivity contribution in [3.63, 3.8) is 0 Å². The number of carbonyl (C=O) groups excluding carboxylic acids is 1. The number of sulfonamides is 1. The van der Waals surface area contributed by atoms with Crippen molar-refractivity contribution in [3.8, 4) is 0 Å². The fraction of sp³-hybridized carbons (Fsp3) is 0.536. The topological polar surface area (TPSA) is 69.7 Å². The predicted molar refractivity (Wildman–Crippen MR) is 139 cm³/mol. The quantitative estimate of drug-likeness (QED) is 0.479. The second-order valence-electron chi connectivity index (χ2n) is 10.1. The van der Waals surface area contributed by atoms with E-state index in [1.165, 1.54) is 17.1 Å². The summed E-state index contributed by atoms with van der Waals surface area (Å²) < 4.78 is 28.6. The molecule has 4 rings (SSSR count). The van der Waals surface area contributed by atoms with E-state index in [0.29, 0.717) is 5.92 Å². The Balaban J connectivity index is 0.00000361. The van der Waals surface area contributed by atoms with Gasteiger partial charge in [-0.15, -0.1) is 0 Å². The van der Waals surface area contributed by atoms with Crippen LogP contribution < -0.4 is 5.32 Å². The summed E-state index contributed by atoms with van der Waals surface area (Å²) in [6.07, 6.45) is 4.46. The largest absolute Gasteiger partial charge is 0.342 e. The van der Waals surface area contributed by atoms with E-state index in [9.17, 15) is 13.2 Å². The van der Waals surface area contributed by atoms with Crippen LogP contribution in [-0.2, 0) is 47.5 Å². The van der Waals surface area contributed by atoms with Gasteiger partial charge >= 0.3 is 0 Å². The van der Waals surface area contributed by atoms with Gasteiger partial charge in [-0.25, -0.2) is 8.42 Å². The van der Waals surface area contributed by atoms with Gasteiger partial charge in [0.2, 0.25) is 15.9 Å². The summed E-state index contributed by atoms with van der Waals surface area (Å²) in [7, 11) is -3.82. The molecule has 1 amide bonds. The van der Waals surface area contributed by atoms with E-state index in [0.717, 1.165) is 56.1 Å². The zero-order valence-electron chi connectivity index (χ0n) is 21.5. The minimum absolute atomic E-state index is 0. The number of hydrogen-bond donors (Lipinski definition) is 1. The molecule has 2 fully saturated rings. The maximum atomic E-state index is 13.6. The van der Waals surface area contributed by atoms with Crippen LogP contribution >= 0.6 is 0 Å². The van der Waals surface area contributed by atoms with Crippen LogP contribution in [0.2, 0.25) is 0 Å². The molecule has 1 unspecified atom stereocenters. The third-order valence-corrected chi connectivity index (χ3v) is 9.60. The summed E-state index contributed by atoms with van der Waals surface area (Å²) >= 11 is 0. The molecule has 0 spiro atoms. The fourth-order valence-corrected chi connectivity index (χ4v) is 7.15. The van der Waals surface area contributed by atoms with Crippen molar-refractivity contribution < 1.29 is 45.9 Å². The van der Waals surface area contributed by atoms with Gasteiger partial charge in [-0.3, -0.25) is 4.79 Å². The molecule has 6 nitrogen and oxygen atoms in total. The van der Waals surface area contributed by atoms with Gasteiger partial charge < -0.3 is 10.2 Å². The monoisotopic (exact) mass is 585 g/mol. The Morgan fingerprint density at radius 1 is 1.06 bits per heavy atom. The number of amides is 1. The Labute approximate surface area is 242 Å². The number of hydrogen-bond acceptors (Lipinski definition) is 4. The van der Waals surface area contributed by atoms with E-state index in [1.807, 2.05) is 43.0 Å². The zero-order chi connectivity index (χ0) is 24.8. The third-order valence-electron chi connectivity index (χ3n) is 7.78. The molecular weight excluding hydrogens is 547 g/mol. The van der Waals surface area contributed by atoms with E-state index in [4.69, 9.17) is 0 Å². The molecule has 36 heavy (non-hydrogen) atoms. The van der Waals surface area contributed by atoms with Gasteiger partial charge in [0.25, 0.3) is 0 Å². The van der Waals surface area contributed by atoms with Crippen molar-refractivity contribution in [1.29, 1.82) is 0 Å². The molecule has 2 saturated heterocycles. The molecule has 2 aromatic carbocycles. The van der Waals surface area contributed by atoms with Gasteiger partial charge in [0.05, 0.1) is 6.54 Å². The number of carbonyl (C=O) groups is 1. The molecule has 0 saturated carbocycles. The van der Waals surface area contributed by atoms with Gasteiger partial charge in [-0.05, 0) is 79.5 Å². The van der Waals surface area contributed by atoms with E-state index >= 15 is 0 Å². The molecule has 193 valence electrons. The molecule has 2 aliphatic rings. The van der Waals surface area contributed by atoms with Crippen molar-refractivity contribution in [2.24, 2.45) is 11.8 Å². The second-order valence-corrected chi connectivity index (χ2v) is 12.0. The molecule has 0 aliphatic carbocycles. The normalized spacial score (nSPS) is 18.6. The van der Waals surface area contributed by atoms with Crippen molar-refractivity contribution >= 4 is 15.9 Å². The van der Waals surface area contributed by atoms with Crippen LogP contribution in [0.25, 0.3) is 0 Å². The van der Waals surface area contributed by atoms with Crippen molar-refractivity contribution in [2.75, 3.05) is 39.3 Å². The summed E-state index contributed by atoms with van der Waals surface area (Å²) in [6.45, 7) is 7.80. The smallest absolute Gasteiger partial charge is 0.237 e. The third kappa shape index (κ3) is 7.25. The minimum Gasteiger partial charge on any atom is -0.342 e. The second kappa shape index (κ2) is 13.6. The molecule has 2 aromatic rings. The maximum absolute atomic E-state index is 13.6. The standard InChI is InChI=1S/C28H38N3O3S.Y/c1-22-8-6-7-11-27(22)23(2)20-31(35(33,34)26-9-4-3-5-10-26)21-28(32)30-18-14-25(15-19-30)24-12-16-29-17-13-24;/h4-11,23-25,29H,12-21H2,1-2H3;/q-1;. The molecule has 8 heteroatoms. The molecule has 2 heterocycles. The Morgan fingerprint density at radius 3 is 2.31 bits per heavy atom. The van der Waals surface area contributed by atoms with Crippen LogP contribution in [0.5, 0.6) is 0 Å². The van der Waals surface area contributed by atoms with Crippen LogP contribution in [0, 0.1) is 24.8 Å². The van der Waals surface area contributed by atoms with Crippen LogP contribution in [0.1, 0.15) is 49.7 Å². The molecule has 2 aliphatic heterocycles. The van der Waals surface area contributed by atoms with Crippen molar-refractivity contribution in [2.45, 2.75) is 50.3 Å².